The fraction of sp³-hybridized carbons (Fsp3) is 0.176. The summed E-state index contributed by atoms with van der Waals surface area (Å²) in [7, 11) is 0. The highest BCUT2D eigenvalue weighted by atomic mass is 35.5. The van der Waals surface area contributed by atoms with Crippen LogP contribution in [0.1, 0.15) is 11.1 Å². The van der Waals surface area contributed by atoms with E-state index in [0.29, 0.717) is 10.6 Å². The molecule has 0 spiro atoms. The summed E-state index contributed by atoms with van der Waals surface area (Å²) in [5.41, 5.74) is 0.946. The average molecular weight is 354 g/mol. The molecular formula is C17H14ClF2NO3. The van der Waals surface area contributed by atoms with Gasteiger partial charge in [-0.15, -0.1) is 0 Å². The van der Waals surface area contributed by atoms with E-state index in [1.54, 1.807) is 24.3 Å². The molecule has 2 aromatic rings. The van der Waals surface area contributed by atoms with E-state index in [9.17, 15) is 23.5 Å². The Morgan fingerprint density at radius 3 is 2.25 bits per heavy atom. The van der Waals surface area contributed by atoms with Crippen LogP contribution in [0, 0.1) is 11.6 Å². The van der Waals surface area contributed by atoms with Gasteiger partial charge in [0.25, 0.3) is 0 Å². The molecule has 1 amide bonds. The first-order valence-corrected chi connectivity index (χ1v) is 7.43. The summed E-state index contributed by atoms with van der Waals surface area (Å²) in [5.74, 6) is -3.85. The quantitative estimate of drug-likeness (QED) is 0.839. The third-order valence-corrected chi connectivity index (χ3v) is 3.59. The lowest BCUT2D eigenvalue weighted by Crippen LogP contribution is -2.43. The van der Waals surface area contributed by atoms with Crippen molar-refractivity contribution >= 4 is 23.5 Å². The number of amides is 1. The van der Waals surface area contributed by atoms with Gasteiger partial charge in [0.2, 0.25) is 5.91 Å². The Bertz CT molecular complexity index is 750. The summed E-state index contributed by atoms with van der Waals surface area (Å²) in [4.78, 5) is 23.3. The number of hydrogen-bond acceptors (Lipinski definition) is 2. The number of aliphatic carboxylic acids is 1. The Morgan fingerprint density at radius 2 is 1.67 bits per heavy atom. The van der Waals surface area contributed by atoms with Gasteiger partial charge in [-0.1, -0.05) is 29.8 Å². The Labute approximate surface area is 142 Å². The Balaban J connectivity index is 2.01. The largest absolute Gasteiger partial charge is 0.480 e. The monoisotopic (exact) mass is 353 g/mol. The highest BCUT2D eigenvalue weighted by molar-refractivity contribution is 6.30. The van der Waals surface area contributed by atoms with E-state index in [4.69, 9.17) is 11.6 Å². The summed E-state index contributed by atoms with van der Waals surface area (Å²) in [6, 6.07) is 8.54. The zero-order chi connectivity index (χ0) is 17.7. The van der Waals surface area contributed by atoms with Crippen molar-refractivity contribution in [1.29, 1.82) is 0 Å². The molecule has 0 bridgehead atoms. The molecular weight excluding hydrogens is 340 g/mol. The molecule has 2 rings (SSSR count). The van der Waals surface area contributed by atoms with Gasteiger partial charge in [-0.2, -0.15) is 0 Å². The molecule has 0 aliphatic carbocycles. The van der Waals surface area contributed by atoms with Gasteiger partial charge in [0, 0.05) is 11.4 Å². The second-order valence-electron chi connectivity index (χ2n) is 5.21. The third-order valence-electron chi connectivity index (χ3n) is 3.34. The number of carboxylic acid groups (broad SMARTS) is 1. The lowest BCUT2D eigenvalue weighted by atomic mass is 10.1. The first-order chi connectivity index (χ1) is 11.3. The zero-order valence-electron chi connectivity index (χ0n) is 12.4. The molecule has 2 N–H and O–H groups in total. The molecule has 0 heterocycles. The number of carbonyl (C=O) groups excluding carboxylic acids is 1. The molecule has 0 unspecified atom stereocenters. The van der Waals surface area contributed by atoms with Gasteiger partial charge in [0.1, 0.15) is 6.04 Å². The molecule has 0 aromatic heterocycles. The third kappa shape index (κ3) is 5.03. The van der Waals surface area contributed by atoms with Crippen molar-refractivity contribution in [2.75, 3.05) is 0 Å². The van der Waals surface area contributed by atoms with Crippen LogP contribution in [-0.2, 0) is 22.4 Å². The van der Waals surface area contributed by atoms with Gasteiger partial charge < -0.3 is 10.4 Å². The molecule has 126 valence electrons. The lowest BCUT2D eigenvalue weighted by molar-refractivity contribution is -0.141. The maximum atomic E-state index is 13.1. The van der Waals surface area contributed by atoms with Gasteiger partial charge in [-0.25, -0.2) is 13.6 Å². The van der Waals surface area contributed by atoms with Crippen molar-refractivity contribution in [3.05, 3.63) is 70.2 Å². The molecule has 0 radical (unpaired) electrons. The number of rotatable bonds is 6. The van der Waals surface area contributed by atoms with E-state index in [2.05, 4.69) is 5.32 Å². The highest BCUT2D eigenvalue weighted by Gasteiger charge is 2.20. The number of carbonyl (C=O) groups is 2. The van der Waals surface area contributed by atoms with Crippen LogP contribution in [0.15, 0.2) is 42.5 Å². The van der Waals surface area contributed by atoms with Crippen LogP contribution in [0.2, 0.25) is 5.02 Å². The molecule has 7 heteroatoms. The van der Waals surface area contributed by atoms with Crippen molar-refractivity contribution in [3.8, 4) is 0 Å². The van der Waals surface area contributed by atoms with E-state index in [1.165, 1.54) is 6.07 Å². The van der Waals surface area contributed by atoms with Crippen LogP contribution in [0.4, 0.5) is 8.78 Å². The molecule has 2 aromatic carbocycles. The SMILES string of the molecule is O=C(Cc1ccc(F)c(F)c1)N[C@@H](Cc1ccc(Cl)cc1)C(=O)O. The minimum atomic E-state index is -1.19. The van der Waals surface area contributed by atoms with Crippen LogP contribution in [0.3, 0.4) is 0 Å². The highest BCUT2D eigenvalue weighted by Crippen LogP contribution is 2.12. The van der Waals surface area contributed by atoms with Gasteiger partial charge >= 0.3 is 5.97 Å². The predicted octanol–water partition coefficient (Wildman–Crippen LogP) is 2.97. The van der Waals surface area contributed by atoms with E-state index < -0.39 is 29.6 Å². The summed E-state index contributed by atoms with van der Waals surface area (Å²) >= 11 is 5.77. The molecule has 4 nitrogen and oxygen atoms in total. The minimum absolute atomic E-state index is 0.0794. The summed E-state index contributed by atoms with van der Waals surface area (Å²) < 4.78 is 26.0. The molecule has 0 aliphatic heterocycles. The summed E-state index contributed by atoms with van der Waals surface area (Å²) in [6.45, 7) is 0. The standard InChI is InChI=1S/C17H14ClF2NO3/c18-12-4-1-10(2-5-12)8-15(17(23)24)21-16(22)9-11-3-6-13(19)14(20)7-11/h1-7,15H,8-9H2,(H,21,22)(H,23,24)/t15-/m0/s1. The van der Waals surface area contributed by atoms with Crippen LogP contribution in [0.5, 0.6) is 0 Å². The number of halogens is 3. The number of nitrogens with one attached hydrogen (secondary N) is 1. The van der Waals surface area contributed by atoms with E-state index in [1.807, 2.05) is 0 Å². The molecule has 24 heavy (non-hydrogen) atoms. The first-order valence-electron chi connectivity index (χ1n) is 7.05. The smallest absolute Gasteiger partial charge is 0.326 e. The zero-order valence-corrected chi connectivity index (χ0v) is 13.2. The number of benzene rings is 2. The number of hydrogen-bond donors (Lipinski definition) is 2. The Morgan fingerprint density at radius 1 is 1.04 bits per heavy atom. The van der Waals surface area contributed by atoms with Crippen LogP contribution < -0.4 is 5.32 Å². The van der Waals surface area contributed by atoms with Crippen molar-refractivity contribution in [2.45, 2.75) is 18.9 Å². The molecule has 0 fully saturated rings. The topological polar surface area (TPSA) is 66.4 Å². The predicted molar refractivity (Wildman–Crippen MR) is 84.8 cm³/mol. The number of carboxylic acids is 1. The maximum absolute atomic E-state index is 13.1. The lowest BCUT2D eigenvalue weighted by Gasteiger charge is -2.15. The van der Waals surface area contributed by atoms with Crippen molar-refractivity contribution in [2.24, 2.45) is 0 Å². The summed E-state index contributed by atoms with van der Waals surface area (Å²) in [6.07, 6.45) is -0.169. The first kappa shape index (κ1) is 17.9. The fourth-order valence-electron chi connectivity index (χ4n) is 2.14. The van der Waals surface area contributed by atoms with Crippen molar-refractivity contribution in [3.63, 3.8) is 0 Å². The molecule has 0 saturated heterocycles. The second-order valence-corrected chi connectivity index (χ2v) is 5.65. The van der Waals surface area contributed by atoms with Crippen LogP contribution in [-0.4, -0.2) is 23.0 Å². The normalized spacial score (nSPS) is 11.8. The van der Waals surface area contributed by atoms with Gasteiger partial charge in [-0.05, 0) is 35.4 Å². The Kier molecular flexibility index (Phi) is 5.87. The molecule has 0 saturated carbocycles. The van der Waals surface area contributed by atoms with Crippen molar-refractivity contribution in [1.82, 2.24) is 5.32 Å². The molecule has 0 aliphatic rings. The summed E-state index contributed by atoms with van der Waals surface area (Å²) in [5, 5.41) is 12.1. The minimum Gasteiger partial charge on any atom is -0.480 e. The van der Waals surface area contributed by atoms with Crippen LogP contribution in [0.25, 0.3) is 0 Å². The van der Waals surface area contributed by atoms with E-state index in [0.717, 1.165) is 12.1 Å². The van der Waals surface area contributed by atoms with Gasteiger partial charge in [-0.3, -0.25) is 4.79 Å². The average Bonchev–Trinajstić information content (AvgIpc) is 2.52. The fourth-order valence-corrected chi connectivity index (χ4v) is 2.26. The van der Waals surface area contributed by atoms with Gasteiger partial charge in [0.05, 0.1) is 6.42 Å². The Hall–Kier alpha value is -2.47. The van der Waals surface area contributed by atoms with Crippen LogP contribution >= 0.6 is 11.6 Å². The molecule has 1 atom stereocenters. The van der Waals surface area contributed by atoms with E-state index in [-0.39, 0.29) is 18.4 Å². The van der Waals surface area contributed by atoms with Crippen molar-refractivity contribution < 1.29 is 23.5 Å². The van der Waals surface area contributed by atoms with Gasteiger partial charge in [0.15, 0.2) is 11.6 Å². The maximum Gasteiger partial charge on any atom is 0.326 e. The second kappa shape index (κ2) is 7.88. The van der Waals surface area contributed by atoms with E-state index >= 15 is 0 Å².